The van der Waals surface area contributed by atoms with Crippen molar-refractivity contribution in [1.29, 1.82) is 0 Å². The van der Waals surface area contributed by atoms with E-state index < -0.39 is 42.0 Å². The summed E-state index contributed by atoms with van der Waals surface area (Å²) >= 11 is 2.29. The number of aromatic nitrogens is 4. The van der Waals surface area contributed by atoms with Gasteiger partial charge in [-0.2, -0.15) is 0 Å². The number of aryl methyl sites for hydroxylation is 1. The Hall–Kier alpha value is -3.74. The van der Waals surface area contributed by atoms with Crippen molar-refractivity contribution in [2.75, 3.05) is 48.6 Å². The molecule has 4 aromatic heterocycles. The van der Waals surface area contributed by atoms with Crippen molar-refractivity contribution in [1.82, 2.24) is 24.4 Å². The molecule has 1 saturated heterocycles. The van der Waals surface area contributed by atoms with E-state index in [1.54, 1.807) is 65.3 Å². The molecule has 14 nitrogen and oxygen atoms in total. The molecule has 6 rings (SSSR count). The molecule has 1 unspecified atom stereocenters. The highest BCUT2D eigenvalue weighted by molar-refractivity contribution is 14.1. The van der Waals surface area contributed by atoms with Crippen LogP contribution in [-0.2, 0) is 20.7 Å². The lowest BCUT2D eigenvalue weighted by atomic mass is 9.98. The van der Waals surface area contributed by atoms with Crippen LogP contribution in [0.25, 0.3) is 44.1 Å². The van der Waals surface area contributed by atoms with Gasteiger partial charge in [-0.05, 0) is 46.2 Å². The standard InChI is InChI=1S/C34H39F2IN7O7P/c1-34(2,3)51-52(48,49)50-16-42(5)14-17-7-8-44(24(17)11-37)29-20(18-9-19-30(45)21(33(46)47)15-43(6)32(19)40-12-18)13-39-31-26(29)25-27(36)22(35)10-23(38-4)28(25)41-31/h9-10,12-13,15,17,24,38H,7-8,11,14,16H2,1-6H3,(H,39,41)(H,46,47)(H,48,49)/t17-,24+/m1/s1. The maximum absolute atomic E-state index is 16.0. The number of hydrogen-bond acceptors (Lipinski definition) is 10. The Balaban J connectivity index is 1.50. The summed E-state index contributed by atoms with van der Waals surface area (Å²) in [6.45, 7) is 5.75. The van der Waals surface area contributed by atoms with E-state index >= 15 is 8.78 Å². The van der Waals surface area contributed by atoms with Gasteiger partial charge in [0.15, 0.2) is 11.6 Å². The van der Waals surface area contributed by atoms with E-state index in [0.717, 1.165) is 6.07 Å². The fourth-order valence-corrected chi connectivity index (χ4v) is 9.21. The molecule has 1 fully saturated rings. The molecule has 0 saturated carbocycles. The Morgan fingerprint density at radius 3 is 2.62 bits per heavy atom. The lowest BCUT2D eigenvalue weighted by Crippen LogP contribution is -2.39. The fraction of sp³-hybridized carbons (Fsp3) is 0.412. The zero-order chi connectivity index (χ0) is 37.9. The second-order valence-corrected chi connectivity index (χ2v) is 16.2. The van der Waals surface area contributed by atoms with Crippen LogP contribution in [0.4, 0.5) is 20.2 Å². The maximum atomic E-state index is 16.0. The van der Waals surface area contributed by atoms with Crippen LogP contribution in [-0.4, -0.2) is 90.4 Å². The van der Waals surface area contributed by atoms with Crippen LogP contribution < -0.4 is 15.6 Å². The Labute approximate surface area is 310 Å². The molecule has 3 atom stereocenters. The van der Waals surface area contributed by atoms with Gasteiger partial charge in [0.05, 0.1) is 38.7 Å². The van der Waals surface area contributed by atoms with Gasteiger partial charge < -0.3 is 29.8 Å². The molecular weight excluding hydrogens is 814 g/mol. The van der Waals surface area contributed by atoms with Crippen LogP contribution in [0.15, 0.2) is 35.5 Å². The van der Waals surface area contributed by atoms with Crippen LogP contribution in [0.5, 0.6) is 0 Å². The topological polar surface area (TPSA) is 175 Å². The number of aromatic carboxylic acids is 1. The molecule has 5 aromatic rings. The van der Waals surface area contributed by atoms with Crippen LogP contribution >= 0.6 is 30.4 Å². The Morgan fingerprint density at radius 1 is 1.23 bits per heavy atom. The minimum Gasteiger partial charge on any atom is -0.477 e. The molecule has 18 heteroatoms. The number of nitrogens with zero attached hydrogens (tertiary/aromatic N) is 5. The van der Waals surface area contributed by atoms with E-state index in [4.69, 9.17) is 9.05 Å². The zero-order valence-electron chi connectivity index (χ0n) is 29.3. The first-order valence-corrected chi connectivity index (χ1v) is 19.4. The lowest BCUT2D eigenvalue weighted by molar-refractivity contribution is 0.0347. The van der Waals surface area contributed by atoms with Crippen molar-refractivity contribution in [2.45, 2.75) is 38.8 Å². The molecule has 1 aliphatic heterocycles. The third kappa shape index (κ3) is 7.13. The Kier molecular flexibility index (Phi) is 10.4. The van der Waals surface area contributed by atoms with Gasteiger partial charge in [-0.3, -0.25) is 18.7 Å². The molecule has 5 heterocycles. The monoisotopic (exact) mass is 853 g/mol. The average Bonchev–Trinajstić information content (AvgIpc) is 3.66. The number of hydrogen-bond donors (Lipinski definition) is 4. The van der Waals surface area contributed by atoms with E-state index in [0.29, 0.717) is 63.0 Å². The minimum atomic E-state index is -4.33. The largest absolute Gasteiger partial charge is 0.477 e. The zero-order valence-corrected chi connectivity index (χ0v) is 32.4. The Morgan fingerprint density at radius 2 is 1.96 bits per heavy atom. The van der Waals surface area contributed by atoms with Crippen LogP contribution in [0, 0.1) is 17.6 Å². The number of carboxylic acid groups (broad SMARTS) is 1. The highest BCUT2D eigenvalue weighted by atomic mass is 127. The first kappa shape index (κ1) is 38.0. The molecule has 0 spiro atoms. The Bertz CT molecular complexity index is 2330. The minimum absolute atomic E-state index is 0.000230. The van der Waals surface area contributed by atoms with E-state index in [9.17, 15) is 24.2 Å². The molecule has 1 aliphatic rings. The van der Waals surface area contributed by atoms with Crippen molar-refractivity contribution < 1.29 is 37.2 Å². The number of anilines is 2. The van der Waals surface area contributed by atoms with Crippen LogP contribution in [0.2, 0.25) is 0 Å². The summed E-state index contributed by atoms with van der Waals surface area (Å²) < 4.78 is 56.2. The van der Waals surface area contributed by atoms with Gasteiger partial charge in [0.2, 0.25) is 5.43 Å². The summed E-state index contributed by atoms with van der Waals surface area (Å²) in [6.07, 6.45) is 5.02. The predicted octanol–water partition coefficient (Wildman–Crippen LogP) is 6.10. The molecule has 0 amide bonds. The SMILES string of the molecule is CNc1cc(F)c(F)c2c1[nH]c1ncc(-c3cnc4c(c3)c(=O)c(C(=O)O)cn4C)c(N3CC[C@H](CN(C)COP(=O)(O)OC(C)(C)C)[C@@H]3CI)c12. The normalized spacial score (nSPS) is 17.9. The lowest BCUT2D eigenvalue weighted by Gasteiger charge is -2.32. The summed E-state index contributed by atoms with van der Waals surface area (Å²) in [5, 5.41) is 13.0. The smallest absolute Gasteiger partial charge is 0.473 e. The summed E-state index contributed by atoms with van der Waals surface area (Å²) in [5.41, 5.74) is 0.666. The molecule has 0 radical (unpaired) electrons. The van der Waals surface area contributed by atoms with E-state index in [-0.39, 0.29) is 35.1 Å². The molecule has 52 heavy (non-hydrogen) atoms. The van der Waals surface area contributed by atoms with Crippen molar-refractivity contribution >= 4 is 80.7 Å². The molecule has 0 bridgehead atoms. The van der Waals surface area contributed by atoms with Crippen molar-refractivity contribution in [3.05, 3.63) is 58.1 Å². The number of benzene rings is 1. The number of H-pyrrole nitrogens is 1. The number of alkyl halides is 1. The van der Waals surface area contributed by atoms with Crippen LogP contribution in [0.3, 0.4) is 0 Å². The highest BCUT2D eigenvalue weighted by Crippen LogP contribution is 2.48. The van der Waals surface area contributed by atoms with E-state index in [1.165, 1.54) is 10.8 Å². The third-order valence-corrected chi connectivity index (χ3v) is 11.2. The molecule has 278 valence electrons. The maximum Gasteiger partial charge on any atom is 0.473 e. The highest BCUT2D eigenvalue weighted by Gasteiger charge is 2.38. The van der Waals surface area contributed by atoms with Crippen LogP contribution in [0.1, 0.15) is 37.6 Å². The molecule has 4 N–H and O–H groups in total. The third-order valence-electron chi connectivity index (χ3n) is 9.10. The van der Waals surface area contributed by atoms with Crippen molar-refractivity contribution in [2.24, 2.45) is 13.0 Å². The number of nitrogens with one attached hydrogen (secondary N) is 2. The van der Waals surface area contributed by atoms with Crippen molar-refractivity contribution in [3.8, 4) is 11.1 Å². The van der Waals surface area contributed by atoms with Gasteiger partial charge in [0, 0.05) is 73.4 Å². The number of fused-ring (bicyclic) bond motifs is 4. The second kappa shape index (κ2) is 14.2. The number of phosphoric ester groups is 1. The van der Waals surface area contributed by atoms with Gasteiger partial charge in [0.25, 0.3) is 0 Å². The first-order chi connectivity index (χ1) is 24.4. The molecular formula is C34H39F2IN7O7P. The molecule has 1 aromatic carbocycles. The number of carboxylic acids is 1. The van der Waals surface area contributed by atoms with Gasteiger partial charge >= 0.3 is 13.8 Å². The van der Waals surface area contributed by atoms with Gasteiger partial charge in [0.1, 0.15) is 23.6 Å². The summed E-state index contributed by atoms with van der Waals surface area (Å²) in [6, 6.07) is 2.47. The summed E-state index contributed by atoms with van der Waals surface area (Å²) in [5.74, 6) is -3.47. The first-order valence-electron chi connectivity index (χ1n) is 16.4. The average molecular weight is 854 g/mol. The van der Waals surface area contributed by atoms with Gasteiger partial charge in [-0.15, -0.1) is 0 Å². The number of pyridine rings is 3. The number of halogens is 3. The summed E-state index contributed by atoms with van der Waals surface area (Å²) in [4.78, 5) is 51.7. The number of carbonyl (C=O) groups is 1. The number of phosphoric acid groups is 1. The number of aromatic amines is 1. The predicted molar refractivity (Wildman–Crippen MR) is 203 cm³/mol. The second-order valence-electron chi connectivity index (χ2n) is 13.9. The van der Waals surface area contributed by atoms with E-state index in [2.05, 4.69) is 47.8 Å². The van der Waals surface area contributed by atoms with Gasteiger partial charge in [-0.25, -0.2) is 28.1 Å². The quantitative estimate of drug-likeness (QED) is 0.0521. The fourth-order valence-electron chi connectivity index (χ4n) is 6.93. The number of rotatable bonds is 11. The van der Waals surface area contributed by atoms with E-state index in [1.807, 2.05) is 0 Å². The molecule has 0 aliphatic carbocycles. The van der Waals surface area contributed by atoms with Gasteiger partial charge in [-0.1, -0.05) is 22.6 Å². The van der Waals surface area contributed by atoms with Crippen molar-refractivity contribution in [3.63, 3.8) is 0 Å². The summed E-state index contributed by atoms with van der Waals surface area (Å²) in [7, 11) is 0.640.